The molecule has 0 saturated carbocycles. The van der Waals surface area contributed by atoms with Gasteiger partial charge in [0.05, 0.1) is 6.61 Å². The minimum atomic E-state index is -0.0868. The predicted octanol–water partition coefficient (Wildman–Crippen LogP) is 2.23. The lowest BCUT2D eigenvalue weighted by Gasteiger charge is -2.17. The van der Waals surface area contributed by atoms with E-state index < -0.39 is 0 Å². The Balaban J connectivity index is 2.55. The highest BCUT2D eigenvalue weighted by atomic mass is 16.3. The normalized spacial score (nSPS) is 10.7. The van der Waals surface area contributed by atoms with Gasteiger partial charge in [-0.25, -0.2) is 0 Å². The number of carbonyl (C=O) groups excluding carboxylic acids is 1. The van der Waals surface area contributed by atoms with Gasteiger partial charge in [-0.2, -0.15) is 0 Å². The zero-order chi connectivity index (χ0) is 13.5. The van der Waals surface area contributed by atoms with Crippen molar-refractivity contribution in [3.05, 3.63) is 35.4 Å². The van der Waals surface area contributed by atoms with Crippen molar-refractivity contribution >= 4 is 5.91 Å². The fraction of sp³-hybridized carbons (Fsp3) is 0.533. The summed E-state index contributed by atoms with van der Waals surface area (Å²) >= 11 is 0. The van der Waals surface area contributed by atoms with Gasteiger partial charge >= 0.3 is 0 Å². The molecular weight excluding hydrogens is 226 g/mol. The van der Waals surface area contributed by atoms with E-state index >= 15 is 0 Å². The molecule has 1 aromatic rings. The van der Waals surface area contributed by atoms with Crippen LogP contribution in [-0.2, 0) is 17.8 Å². The van der Waals surface area contributed by atoms with Crippen LogP contribution >= 0.6 is 0 Å². The monoisotopic (exact) mass is 249 g/mol. The van der Waals surface area contributed by atoms with Crippen molar-refractivity contribution in [3.8, 4) is 0 Å². The van der Waals surface area contributed by atoms with Gasteiger partial charge in [0, 0.05) is 20.0 Å². The molecule has 100 valence electrons. The Labute approximate surface area is 109 Å². The molecule has 0 aliphatic carbocycles. The van der Waals surface area contributed by atoms with E-state index in [4.69, 9.17) is 5.11 Å². The first-order chi connectivity index (χ1) is 8.52. The van der Waals surface area contributed by atoms with Crippen molar-refractivity contribution in [2.45, 2.75) is 33.2 Å². The number of nitrogens with zero attached hydrogens (tertiary/aromatic N) is 1. The SMILES string of the molecule is CC(C)Cc1ccc(CN(C)C(=O)CCO)cc1. The zero-order valence-corrected chi connectivity index (χ0v) is 11.5. The van der Waals surface area contributed by atoms with Gasteiger partial charge in [0.2, 0.25) is 5.91 Å². The number of rotatable bonds is 6. The third-order valence-corrected chi connectivity index (χ3v) is 2.84. The zero-order valence-electron chi connectivity index (χ0n) is 11.5. The average molecular weight is 249 g/mol. The fourth-order valence-corrected chi connectivity index (χ4v) is 1.90. The number of amides is 1. The molecule has 0 aliphatic heterocycles. The van der Waals surface area contributed by atoms with E-state index in [0.29, 0.717) is 12.5 Å². The summed E-state index contributed by atoms with van der Waals surface area (Å²) in [7, 11) is 1.76. The second-order valence-corrected chi connectivity index (χ2v) is 5.14. The van der Waals surface area contributed by atoms with E-state index in [1.807, 2.05) is 0 Å². The third kappa shape index (κ3) is 4.88. The van der Waals surface area contributed by atoms with E-state index in [1.54, 1.807) is 11.9 Å². The first kappa shape index (κ1) is 14.7. The van der Waals surface area contributed by atoms with Crippen LogP contribution < -0.4 is 0 Å². The van der Waals surface area contributed by atoms with Crippen molar-refractivity contribution in [2.75, 3.05) is 13.7 Å². The van der Waals surface area contributed by atoms with Crippen LogP contribution in [0.3, 0.4) is 0 Å². The summed E-state index contributed by atoms with van der Waals surface area (Å²) in [4.78, 5) is 13.2. The first-order valence-corrected chi connectivity index (χ1v) is 6.45. The Kier molecular flexibility index (Phi) is 5.86. The minimum absolute atomic E-state index is 0.0243. The van der Waals surface area contributed by atoms with Crippen molar-refractivity contribution < 1.29 is 9.90 Å². The van der Waals surface area contributed by atoms with E-state index in [1.165, 1.54) is 5.56 Å². The minimum Gasteiger partial charge on any atom is -0.396 e. The summed E-state index contributed by atoms with van der Waals surface area (Å²) in [5.41, 5.74) is 2.45. The summed E-state index contributed by atoms with van der Waals surface area (Å²) in [6.45, 7) is 4.92. The summed E-state index contributed by atoms with van der Waals surface area (Å²) in [6.07, 6.45) is 1.28. The quantitative estimate of drug-likeness (QED) is 0.840. The standard InChI is InChI=1S/C15H23NO2/c1-12(2)10-13-4-6-14(7-5-13)11-16(3)15(18)8-9-17/h4-7,12,17H,8-11H2,1-3H3. The average Bonchev–Trinajstić information content (AvgIpc) is 2.31. The van der Waals surface area contributed by atoms with Crippen LogP contribution in [0.2, 0.25) is 0 Å². The lowest BCUT2D eigenvalue weighted by Crippen LogP contribution is -2.26. The van der Waals surface area contributed by atoms with Gasteiger partial charge in [-0.05, 0) is 23.5 Å². The molecule has 18 heavy (non-hydrogen) atoms. The smallest absolute Gasteiger partial charge is 0.224 e. The highest BCUT2D eigenvalue weighted by molar-refractivity contribution is 5.75. The molecule has 0 saturated heterocycles. The van der Waals surface area contributed by atoms with Crippen molar-refractivity contribution in [1.82, 2.24) is 4.90 Å². The molecule has 1 amide bonds. The summed E-state index contributed by atoms with van der Waals surface area (Å²) in [6, 6.07) is 8.39. The van der Waals surface area contributed by atoms with Gasteiger partial charge in [-0.3, -0.25) is 4.79 Å². The molecule has 1 N–H and O–H groups in total. The molecule has 0 atom stereocenters. The van der Waals surface area contributed by atoms with E-state index in [0.717, 1.165) is 12.0 Å². The van der Waals surface area contributed by atoms with Crippen LogP contribution in [0.25, 0.3) is 0 Å². The first-order valence-electron chi connectivity index (χ1n) is 6.45. The van der Waals surface area contributed by atoms with E-state index in [9.17, 15) is 4.79 Å². The second kappa shape index (κ2) is 7.17. The van der Waals surface area contributed by atoms with Crippen LogP contribution in [0, 0.1) is 5.92 Å². The molecule has 0 aliphatic rings. The molecule has 0 bridgehead atoms. The lowest BCUT2D eigenvalue weighted by molar-refractivity contribution is -0.131. The molecule has 0 aromatic heterocycles. The van der Waals surface area contributed by atoms with Crippen LogP contribution in [0.1, 0.15) is 31.4 Å². The Hall–Kier alpha value is -1.35. The number of aliphatic hydroxyl groups excluding tert-OH is 1. The fourth-order valence-electron chi connectivity index (χ4n) is 1.90. The van der Waals surface area contributed by atoms with Gasteiger partial charge in [-0.1, -0.05) is 38.1 Å². The molecule has 0 heterocycles. The Bertz CT molecular complexity index is 371. The molecule has 0 fully saturated rings. The Morgan fingerprint density at radius 3 is 2.28 bits per heavy atom. The molecule has 0 unspecified atom stereocenters. The number of carbonyl (C=O) groups is 1. The van der Waals surface area contributed by atoms with Gasteiger partial charge in [0.25, 0.3) is 0 Å². The van der Waals surface area contributed by atoms with Crippen molar-refractivity contribution in [3.63, 3.8) is 0 Å². The third-order valence-electron chi connectivity index (χ3n) is 2.84. The molecule has 0 spiro atoms. The number of hydrogen-bond acceptors (Lipinski definition) is 2. The van der Waals surface area contributed by atoms with Crippen molar-refractivity contribution in [1.29, 1.82) is 0 Å². The predicted molar refractivity (Wildman–Crippen MR) is 73.2 cm³/mol. The Morgan fingerprint density at radius 2 is 1.78 bits per heavy atom. The molecule has 1 rings (SSSR count). The van der Waals surface area contributed by atoms with E-state index in [2.05, 4.69) is 38.1 Å². The molecule has 3 heteroatoms. The molecule has 3 nitrogen and oxygen atoms in total. The number of hydrogen-bond donors (Lipinski definition) is 1. The highest BCUT2D eigenvalue weighted by Crippen LogP contribution is 2.11. The topological polar surface area (TPSA) is 40.5 Å². The van der Waals surface area contributed by atoms with Gasteiger partial charge in [0.1, 0.15) is 0 Å². The second-order valence-electron chi connectivity index (χ2n) is 5.14. The lowest BCUT2D eigenvalue weighted by atomic mass is 10.0. The molecule has 0 radical (unpaired) electrons. The number of aliphatic hydroxyl groups is 1. The van der Waals surface area contributed by atoms with Crippen LogP contribution in [0.15, 0.2) is 24.3 Å². The highest BCUT2D eigenvalue weighted by Gasteiger charge is 2.08. The van der Waals surface area contributed by atoms with Gasteiger partial charge in [-0.15, -0.1) is 0 Å². The van der Waals surface area contributed by atoms with Crippen molar-refractivity contribution in [2.24, 2.45) is 5.92 Å². The summed E-state index contributed by atoms with van der Waals surface area (Å²) in [5, 5.41) is 8.72. The van der Waals surface area contributed by atoms with Crippen LogP contribution in [0.5, 0.6) is 0 Å². The van der Waals surface area contributed by atoms with Crippen LogP contribution in [0.4, 0.5) is 0 Å². The summed E-state index contributed by atoms with van der Waals surface area (Å²) < 4.78 is 0. The molecule has 1 aromatic carbocycles. The Morgan fingerprint density at radius 1 is 1.22 bits per heavy atom. The summed E-state index contributed by atoms with van der Waals surface area (Å²) in [5.74, 6) is 0.633. The van der Waals surface area contributed by atoms with Gasteiger partial charge in [0.15, 0.2) is 0 Å². The maximum atomic E-state index is 11.5. The van der Waals surface area contributed by atoms with E-state index in [-0.39, 0.29) is 18.9 Å². The largest absolute Gasteiger partial charge is 0.396 e. The maximum absolute atomic E-state index is 11.5. The molecular formula is C15H23NO2. The number of benzene rings is 1. The maximum Gasteiger partial charge on any atom is 0.224 e. The van der Waals surface area contributed by atoms with Crippen LogP contribution in [-0.4, -0.2) is 29.6 Å². The van der Waals surface area contributed by atoms with Gasteiger partial charge < -0.3 is 10.0 Å².